The van der Waals surface area contributed by atoms with Crippen molar-refractivity contribution in [2.24, 2.45) is 5.92 Å². The van der Waals surface area contributed by atoms with Gasteiger partial charge in [0.15, 0.2) is 0 Å². The number of hydrogen-bond acceptors (Lipinski definition) is 4. The maximum atomic E-state index is 14.5. The number of carbonyl (C=O) groups excluding carboxylic acids is 1. The molecule has 0 radical (unpaired) electrons. The van der Waals surface area contributed by atoms with Crippen molar-refractivity contribution in [2.75, 3.05) is 24.5 Å². The molecule has 3 atom stereocenters. The van der Waals surface area contributed by atoms with Crippen LogP contribution >= 0.6 is 0 Å². The third-order valence-electron chi connectivity index (χ3n) is 8.73. The molecule has 0 fully saturated rings. The van der Waals surface area contributed by atoms with Gasteiger partial charge in [0.05, 0.1) is 35.3 Å². The van der Waals surface area contributed by atoms with E-state index in [9.17, 15) is 18.0 Å². The van der Waals surface area contributed by atoms with Crippen LogP contribution in [0.2, 0.25) is 0 Å². The summed E-state index contributed by atoms with van der Waals surface area (Å²) in [4.78, 5) is 26.2. The number of aromatic nitrogens is 2. The van der Waals surface area contributed by atoms with Crippen molar-refractivity contribution in [3.8, 4) is 0 Å². The van der Waals surface area contributed by atoms with Crippen molar-refractivity contribution in [1.82, 2.24) is 20.2 Å². The van der Waals surface area contributed by atoms with E-state index in [1.165, 1.54) is 17.2 Å². The fourth-order valence-electron chi connectivity index (χ4n) is 6.43. The number of hydrogen-bond donors (Lipinski definition) is 2. The van der Waals surface area contributed by atoms with Crippen LogP contribution in [0.3, 0.4) is 0 Å². The van der Waals surface area contributed by atoms with Crippen LogP contribution in [0.4, 0.5) is 19.1 Å². The number of nitrogens with zero attached hydrogens (tertiary/aromatic N) is 3. The number of allylic oxidation sites excluding steroid dienone is 2. The molecule has 6 rings (SSSR count). The van der Waals surface area contributed by atoms with E-state index < -0.39 is 11.7 Å². The number of aromatic amines is 1. The zero-order chi connectivity index (χ0) is 29.3. The average molecular weight is 576 g/mol. The number of imidazole rings is 1. The highest BCUT2D eigenvalue weighted by atomic mass is 19.4. The summed E-state index contributed by atoms with van der Waals surface area (Å²) in [5.41, 5.74) is 3.31. The van der Waals surface area contributed by atoms with Gasteiger partial charge >= 0.3 is 6.18 Å². The lowest BCUT2D eigenvalue weighted by Crippen LogP contribution is -2.56. The molecule has 0 saturated heterocycles. The first kappa shape index (κ1) is 28.3. The number of fused-ring (bicyclic) bond motifs is 1. The van der Waals surface area contributed by atoms with E-state index in [1.54, 1.807) is 0 Å². The minimum atomic E-state index is -4.43. The summed E-state index contributed by atoms with van der Waals surface area (Å²) < 4.78 is 39.9. The Hall–Kier alpha value is -3.85. The van der Waals surface area contributed by atoms with Gasteiger partial charge in [-0.25, -0.2) is 4.98 Å². The van der Waals surface area contributed by atoms with Gasteiger partial charge in [0, 0.05) is 18.7 Å². The minimum Gasteiger partial charge on any atom is -0.338 e. The van der Waals surface area contributed by atoms with Gasteiger partial charge in [-0.2, -0.15) is 13.2 Å². The van der Waals surface area contributed by atoms with E-state index in [1.807, 2.05) is 40.2 Å². The highest BCUT2D eigenvalue weighted by molar-refractivity contribution is 5.96. The lowest BCUT2D eigenvalue weighted by molar-refractivity contribution is -0.137. The molecule has 42 heavy (non-hydrogen) atoms. The second-order valence-electron chi connectivity index (χ2n) is 11.5. The molecular weight excluding hydrogens is 539 g/mol. The highest BCUT2D eigenvalue weighted by Gasteiger charge is 2.38. The smallest absolute Gasteiger partial charge is 0.338 e. The topological polar surface area (TPSA) is 64.3 Å². The van der Waals surface area contributed by atoms with Crippen molar-refractivity contribution >= 4 is 22.9 Å². The molecule has 0 spiro atoms. The van der Waals surface area contributed by atoms with Gasteiger partial charge in [-0.15, -0.1) is 0 Å². The van der Waals surface area contributed by atoms with Gasteiger partial charge in [0.25, 0.3) is 5.91 Å². The first-order chi connectivity index (χ1) is 20.3. The van der Waals surface area contributed by atoms with Crippen molar-refractivity contribution in [1.29, 1.82) is 0 Å². The normalized spacial score (nSPS) is 23.3. The standard InChI is InChI=1S/C33H36F3N5O/c1-22-12-15-30(37-18-16-23-8-4-2-5-9-23)41(25-10-6-3-7-11-25)31(42)27-21-40(19-17-26(22)27)32-38-28-14-13-24(33(34,35)36)20-29(28)39-32/h2-10,13-14,20,22,25,30,37H,11-12,15-19,21H2,1H3,(H,38,39). The van der Waals surface area contributed by atoms with Gasteiger partial charge in [0.1, 0.15) is 0 Å². The Morgan fingerprint density at radius 2 is 1.93 bits per heavy atom. The Morgan fingerprint density at radius 3 is 2.69 bits per heavy atom. The minimum absolute atomic E-state index is 0.0267. The lowest BCUT2D eigenvalue weighted by Gasteiger charge is -2.43. The second kappa shape index (κ2) is 11.8. The molecule has 2 N–H and O–H groups in total. The maximum absolute atomic E-state index is 14.5. The van der Waals surface area contributed by atoms with Crippen LogP contribution in [0, 0.1) is 5.92 Å². The number of carbonyl (C=O) groups is 1. The molecule has 1 aliphatic carbocycles. The van der Waals surface area contributed by atoms with Crippen molar-refractivity contribution in [3.63, 3.8) is 0 Å². The van der Waals surface area contributed by atoms with Crippen LogP contribution in [0.15, 0.2) is 84.0 Å². The summed E-state index contributed by atoms with van der Waals surface area (Å²) >= 11 is 0. The summed E-state index contributed by atoms with van der Waals surface area (Å²) in [5, 5.41) is 3.71. The molecule has 9 heteroatoms. The van der Waals surface area contributed by atoms with Crippen LogP contribution in [-0.4, -0.2) is 52.6 Å². The molecule has 3 unspecified atom stereocenters. The molecule has 1 aromatic heterocycles. The van der Waals surface area contributed by atoms with Crippen LogP contribution in [0.1, 0.15) is 43.7 Å². The number of rotatable bonds is 6. The van der Waals surface area contributed by atoms with Crippen LogP contribution in [0.5, 0.6) is 0 Å². The first-order valence-electron chi connectivity index (χ1n) is 14.7. The average Bonchev–Trinajstić information content (AvgIpc) is 3.43. The summed E-state index contributed by atoms with van der Waals surface area (Å²) in [5.74, 6) is 0.778. The van der Waals surface area contributed by atoms with Gasteiger partial charge in [0.2, 0.25) is 5.95 Å². The van der Waals surface area contributed by atoms with Gasteiger partial charge in [-0.05, 0) is 61.8 Å². The molecule has 0 saturated carbocycles. The molecule has 3 aliphatic rings. The quantitative estimate of drug-likeness (QED) is 0.358. The number of amides is 1. The Kier molecular flexibility index (Phi) is 7.94. The molecule has 6 nitrogen and oxygen atoms in total. The third kappa shape index (κ3) is 5.88. The molecule has 220 valence electrons. The van der Waals surface area contributed by atoms with Gasteiger partial charge < -0.3 is 14.8 Å². The Morgan fingerprint density at radius 1 is 1.10 bits per heavy atom. The van der Waals surface area contributed by atoms with E-state index in [0.29, 0.717) is 36.5 Å². The number of anilines is 1. The predicted octanol–water partition coefficient (Wildman–Crippen LogP) is 6.39. The zero-order valence-electron chi connectivity index (χ0n) is 23.7. The Balaban J connectivity index is 1.27. The van der Waals surface area contributed by atoms with E-state index in [0.717, 1.165) is 49.9 Å². The molecule has 0 bridgehead atoms. The van der Waals surface area contributed by atoms with Crippen molar-refractivity contribution in [3.05, 3.63) is 95.1 Å². The summed E-state index contributed by atoms with van der Waals surface area (Å²) in [6.07, 6.45) is 7.87. The molecule has 1 amide bonds. The Bertz CT molecular complexity index is 1520. The van der Waals surface area contributed by atoms with Gasteiger partial charge in [-0.3, -0.25) is 10.1 Å². The predicted molar refractivity (Wildman–Crippen MR) is 159 cm³/mol. The van der Waals surface area contributed by atoms with Crippen molar-refractivity contribution < 1.29 is 18.0 Å². The fraction of sp³-hybridized carbons (Fsp3) is 0.394. The molecular formula is C33H36F3N5O. The number of nitrogens with one attached hydrogen (secondary N) is 2. The monoisotopic (exact) mass is 575 g/mol. The largest absolute Gasteiger partial charge is 0.416 e. The Labute approximate surface area is 244 Å². The summed E-state index contributed by atoms with van der Waals surface area (Å²) in [7, 11) is 0. The van der Waals surface area contributed by atoms with Crippen LogP contribution in [-0.2, 0) is 17.4 Å². The fourth-order valence-corrected chi connectivity index (χ4v) is 6.43. The third-order valence-corrected chi connectivity index (χ3v) is 8.73. The molecule has 3 heterocycles. The van der Waals surface area contributed by atoms with E-state index in [4.69, 9.17) is 0 Å². The lowest BCUT2D eigenvalue weighted by atomic mass is 9.84. The number of halogens is 3. The highest BCUT2D eigenvalue weighted by Crippen LogP contribution is 2.36. The molecule has 3 aromatic rings. The second-order valence-corrected chi connectivity index (χ2v) is 11.5. The summed E-state index contributed by atoms with van der Waals surface area (Å²) in [6.45, 7) is 3.98. The van der Waals surface area contributed by atoms with Crippen LogP contribution in [0.25, 0.3) is 11.0 Å². The number of alkyl halides is 3. The maximum Gasteiger partial charge on any atom is 0.416 e. The van der Waals surface area contributed by atoms with Gasteiger partial charge in [-0.1, -0.05) is 67.1 Å². The molecule has 2 aliphatic heterocycles. The SMILES string of the molecule is CC1CCC(NCCc2ccccc2)N(C2C=CC=CC2)C(=O)C2=C1CCN(c1nc3ccc(C(F)(F)F)cc3[nH]1)C2. The first-order valence-corrected chi connectivity index (χ1v) is 14.7. The van der Waals surface area contributed by atoms with E-state index in [2.05, 4.69) is 46.5 Å². The van der Waals surface area contributed by atoms with E-state index in [-0.39, 0.29) is 24.0 Å². The number of benzene rings is 2. The number of H-pyrrole nitrogens is 1. The molecule has 2 aromatic carbocycles. The van der Waals surface area contributed by atoms with E-state index >= 15 is 0 Å². The van der Waals surface area contributed by atoms with Crippen molar-refractivity contribution in [2.45, 2.75) is 57.4 Å². The van der Waals surface area contributed by atoms with Crippen LogP contribution < -0.4 is 10.2 Å². The zero-order valence-corrected chi connectivity index (χ0v) is 23.7. The summed E-state index contributed by atoms with van der Waals surface area (Å²) in [6, 6.07) is 13.8.